The number of nitrogens with one attached hydrogen (secondary N) is 1. The summed E-state index contributed by atoms with van der Waals surface area (Å²) < 4.78 is 35.3. The molecule has 0 saturated heterocycles. The van der Waals surface area contributed by atoms with Gasteiger partial charge in [-0.15, -0.1) is 0 Å². The molecule has 0 aromatic carbocycles. The molecule has 16 heavy (non-hydrogen) atoms. The van der Waals surface area contributed by atoms with E-state index in [-0.39, 0.29) is 6.54 Å². The normalized spacial score (nSPS) is 12.7. The number of hydrogen-bond acceptors (Lipinski definition) is 3. The molecule has 0 spiro atoms. The van der Waals surface area contributed by atoms with Gasteiger partial charge in [-0.1, -0.05) is 0 Å². The average molecular weight is 242 g/mol. The summed E-state index contributed by atoms with van der Waals surface area (Å²) in [6.07, 6.45) is -4.32. The van der Waals surface area contributed by atoms with Crippen LogP contribution in [0.1, 0.15) is 13.8 Å². The molecule has 0 unspecified atom stereocenters. The Labute approximate surface area is 92.4 Å². The zero-order valence-corrected chi connectivity index (χ0v) is 9.56. The zero-order valence-electron chi connectivity index (χ0n) is 9.56. The smallest absolute Gasteiger partial charge is 0.389 e. The van der Waals surface area contributed by atoms with E-state index in [2.05, 4.69) is 0 Å². The molecular weight excluding hydrogens is 225 g/mol. The minimum absolute atomic E-state index is 0.0690. The Morgan fingerprint density at radius 2 is 1.88 bits per heavy atom. The highest BCUT2D eigenvalue weighted by Crippen LogP contribution is 2.12. The summed E-state index contributed by atoms with van der Waals surface area (Å²) in [4.78, 5) is 12.5. The van der Waals surface area contributed by atoms with Crippen molar-refractivity contribution in [2.24, 2.45) is 0 Å². The molecule has 0 aromatic heterocycles. The van der Waals surface area contributed by atoms with E-state index in [0.29, 0.717) is 0 Å². The number of amides is 1. The number of alkyl halides is 3. The molecule has 0 atom stereocenters. The predicted molar refractivity (Wildman–Crippen MR) is 52.9 cm³/mol. The molecule has 0 aliphatic heterocycles. The van der Waals surface area contributed by atoms with Crippen LogP contribution in [-0.4, -0.2) is 54.4 Å². The number of nitrogens with zero attached hydrogens (tertiary/aromatic N) is 1. The summed E-state index contributed by atoms with van der Waals surface area (Å²) in [5.74, 6) is -0.494. The van der Waals surface area contributed by atoms with Gasteiger partial charge in [0.2, 0.25) is 5.91 Å². The Bertz CT molecular complexity index is 236. The Morgan fingerprint density at radius 3 is 2.25 bits per heavy atom. The van der Waals surface area contributed by atoms with Crippen LogP contribution in [0.5, 0.6) is 0 Å². The predicted octanol–water partition coefficient (Wildman–Crippen LogP) is 0.368. The Hall–Kier alpha value is -0.820. The highest BCUT2D eigenvalue weighted by Gasteiger charge is 2.27. The summed E-state index contributed by atoms with van der Waals surface area (Å²) >= 11 is 0. The molecule has 0 bridgehead atoms. The van der Waals surface area contributed by atoms with Gasteiger partial charge in [0.25, 0.3) is 0 Å². The lowest BCUT2D eigenvalue weighted by molar-refractivity contribution is -0.135. The summed E-state index contributed by atoms with van der Waals surface area (Å²) in [5, 5.41) is 11.4. The van der Waals surface area contributed by atoms with Crippen molar-refractivity contribution < 1.29 is 23.1 Å². The summed E-state index contributed by atoms with van der Waals surface area (Å²) in [6, 6.07) is 0. The summed E-state index contributed by atoms with van der Waals surface area (Å²) in [5.41, 5.74) is -1.06. The van der Waals surface area contributed by atoms with Crippen LogP contribution in [0.3, 0.4) is 0 Å². The Kier molecular flexibility index (Phi) is 5.21. The SMILES string of the molecule is CN(CC(C)(C)O)C(=O)CNCC(F)(F)F. The van der Waals surface area contributed by atoms with E-state index in [1.807, 2.05) is 5.32 Å². The van der Waals surface area contributed by atoms with Crippen molar-refractivity contribution in [1.29, 1.82) is 0 Å². The minimum Gasteiger partial charge on any atom is -0.389 e. The van der Waals surface area contributed by atoms with Crippen molar-refractivity contribution in [2.45, 2.75) is 25.6 Å². The maximum atomic E-state index is 11.8. The molecule has 0 aromatic rings. The highest BCUT2D eigenvalue weighted by molar-refractivity contribution is 5.78. The van der Waals surface area contributed by atoms with Gasteiger partial charge in [-0.25, -0.2) is 0 Å². The summed E-state index contributed by atoms with van der Waals surface area (Å²) in [7, 11) is 1.43. The first-order valence-corrected chi connectivity index (χ1v) is 4.75. The van der Waals surface area contributed by atoms with Crippen LogP contribution in [0, 0.1) is 0 Å². The maximum Gasteiger partial charge on any atom is 0.401 e. The lowest BCUT2D eigenvalue weighted by Crippen LogP contribution is -2.44. The van der Waals surface area contributed by atoms with Crippen LogP contribution in [0.15, 0.2) is 0 Å². The first-order valence-electron chi connectivity index (χ1n) is 4.75. The number of likely N-dealkylation sites (N-methyl/N-ethyl adjacent to an activating group) is 1. The third kappa shape index (κ3) is 8.49. The van der Waals surface area contributed by atoms with E-state index in [1.54, 1.807) is 0 Å². The van der Waals surface area contributed by atoms with Crippen LogP contribution in [0.25, 0.3) is 0 Å². The zero-order chi connectivity index (χ0) is 13.0. The van der Waals surface area contributed by atoms with E-state index in [9.17, 15) is 23.1 Å². The fourth-order valence-corrected chi connectivity index (χ4v) is 1.11. The monoisotopic (exact) mass is 242 g/mol. The van der Waals surface area contributed by atoms with Gasteiger partial charge < -0.3 is 15.3 Å². The molecule has 0 aliphatic carbocycles. The van der Waals surface area contributed by atoms with Crippen molar-refractivity contribution in [3.8, 4) is 0 Å². The van der Waals surface area contributed by atoms with Crippen molar-refractivity contribution in [1.82, 2.24) is 10.2 Å². The van der Waals surface area contributed by atoms with Gasteiger partial charge in [-0.3, -0.25) is 4.79 Å². The minimum atomic E-state index is -4.32. The average Bonchev–Trinajstić information content (AvgIpc) is 1.98. The van der Waals surface area contributed by atoms with Gasteiger partial charge in [0.15, 0.2) is 0 Å². The lowest BCUT2D eigenvalue weighted by Gasteiger charge is -2.25. The number of halogens is 3. The first kappa shape index (κ1) is 15.2. The van der Waals surface area contributed by atoms with Crippen molar-refractivity contribution >= 4 is 5.91 Å². The van der Waals surface area contributed by atoms with Crippen molar-refractivity contribution in [3.05, 3.63) is 0 Å². The van der Waals surface area contributed by atoms with Gasteiger partial charge in [0.05, 0.1) is 18.7 Å². The Balaban J connectivity index is 3.90. The molecular formula is C9H17F3N2O2. The van der Waals surface area contributed by atoms with Crippen molar-refractivity contribution in [2.75, 3.05) is 26.7 Å². The highest BCUT2D eigenvalue weighted by atomic mass is 19.4. The number of carbonyl (C=O) groups is 1. The molecule has 0 heterocycles. The molecule has 0 saturated carbocycles. The number of carbonyl (C=O) groups excluding carboxylic acids is 1. The van der Waals surface area contributed by atoms with Crippen LogP contribution in [-0.2, 0) is 4.79 Å². The molecule has 0 aliphatic rings. The third-order valence-corrected chi connectivity index (χ3v) is 1.65. The van der Waals surface area contributed by atoms with Crippen molar-refractivity contribution in [3.63, 3.8) is 0 Å². The van der Waals surface area contributed by atoms with Gasteiger partial charge in [0, 0.05) is 13.6 Å². The molecule has 7 heteroatoms. The molecule has 0 rings (SSSR count). The third-order valence-electron chi connectivity index (χ3n) is 1.65. The van der Waals surface area contributed by atoms with Gasteiger partial charge in [-0.2, -0.15) is 13.2 Å². The van der Waals surface area contributed by atoms with Crippen LogP contribution in [0.4, 0.5) is 13.2 Å². The van der Waals surface area contributed by atoms with E-state index < -0.39 is 30.8 Å². The quantitative estimate of drug-likeness (QED) is 0.732. The molecule has 96 valence electrons. The topological polar surface area (TPSA) is 52.6 Å². The largest absolute Gasteiger partial charge is 0.401 e. The lowest BCUT2D eigenvalue weighted by atomic mass is 10.1. The van der Waals surface area contributed by atoms with Gasteiger partial charge in [0.1, 0.15) is 0 Å². The second kappa shape index (κ2) is 5.49. The van der Waals surface area contributed by atoms with Crippen LogP contribution >= 0.6 is 0 Å². The Morgan fingerprint density at radius 1 is 1.38 bits per heavy atom. The maximum absolute atomic E-state index is 11.8. The molecule has 0 radical (unpaired) electrons. The number of rotatable bonds is 5. The molecule has 2 N–H and O–H groups in total. The number of hydrogen-bond donors (Lipinski definition) is 2. The molecule has 4 nitrogen and oxygen atoms in total. The number of aliphatic hydroxyl groups is 1. The molecule has 0 fully saturated rings. The van der Waals surface area contributed by atoms with Crippen LogP contribution < -0.4 is 5.32 Å². The molecule has 1 amide bonds. The van der Waals surface area contributed by atoms with E-state index in [0.717, 1.165) is 0 Å². The second-order valence-corrected chi connectivity index (χ2v) is 4.28. The fourth-order valence-electron chi connectivity index (χ4n) is 1.11. The van der Waals surface area contributed by atoms with E-state index >= 15 is 0 Å². The standard InChI is InChI=1S/C9H17F3N2O2/c1-8(2,16)6-14(3)7(15)4-13-5-9(10,11)12/h13,16H,4-6H2,1-3H3. The second-order valence-electron chi connectivity index (χ2n) is 4.28. The first-order chi connectivity index (χ1) is 7.01. The van der Waals surface area contributed by atoms with Crippen LogP contribution in [0.2, 0.25) is 0 Å². The van der Waals surface area contributed by atoms with Gasteiger partial charge in [-0.05, 0) is 13.8 Å². The fraction of sp³-hybridized carbons (Fsp3) is 0.889. The summed E-state index contributed by atoms with van der Waals surface area (Å²) in [6.45, 7) is 1.50. The van der Waals surface area contributed by atoms with E-state index in [4.69, 9.17) is 0 Å². The van der Waals surface area contributed by atoms with E-state index in [1.165, 1.54) is 25.8 Å². The van der Waals surface area contributed by atoms with Gasteiger partial charge >= 0.3 is 6.18 Å².